The Labute approximate surface area is 161 Å². The molecular formula is C22H30N2O3. The van der Waals surface area contributed by atoms with Crippen LogP contribution in [0.5, 0.6) is 0 Å². The molecule has 1 amide bonds. The van der Waals surface area contributed by atoms with E-state index >= 15 is 0 Å². The number of aromatic nitrogens is 1. The van der Waals surface area contributed by atoms with Gasteiger partial charge in [0.1, 0.15) is 5.69 Å². The summed E-state index contributed by atoms with van der Waals surface area (Å²) in [6.07, 6.45) is 1.76. The first-order valence-electron chi connectivity index (χ1n) is 9.62. The normalized spacial score (nSPS) is 11.9. The monoisotopic (exact) mass is 370 g/mol. The van der Waals surface area contributed by atoms with Crippen LogP contribution in [0.2, 0.25) is 0 Å². The van der Waals surface area contributed by atoms with E-state index in [2.05, 4.69) is 17.4 Å². The maximum absolute atomic E-state index is 12.9. The van der Waals surface area contributed by atoms with E-state index < -0.39 is 0 Å². The number of carbonyl (C=O) groups excluding carboxylic acids is 2. The molecule has 1 N–H and O–H groups in total. The van der Waals surface area contributed by atoms with Crippen molar-refractivity contribution in [1.82, 2.24) is 9.88 Å². The van der Waals surface area contributed by atoms with Crippen molar-refractivity contribution in [2.45, 2.75) is 60.0 Å². The van der Waals surface area contributed by atoms with Crippen LogP contribution in [0, 0.1) is 13.8 Å². The van der Waals surface area contributed by atoms with E-state index in [4.69, 9.17) is 4.74 Å². The molecule has 0 aliphatic carbocycles. The maximum Gasteiger partial charge on any atom is 0.355 e. The van der Waals surface area contributed by atoms with Gasteiger partial charge in [-0.15, -0.1) is 0 Å². The summed E-state index contributed by atoms with van der Waals surface area (Å²) in [5.74, 6) is -0.514. The van der Waals surface area contributed by atoms with Gasteiger partial charge in [-0.3, -0.25) is 4.79 Å². The second-order valence-corrected chi connectivity index (χ2v) is 6.80. The lowest BCUT2D eigenvalue weighted by atomic mass is 10.0. The van der Waals surface area contributed by atoms with Gasteiger partial charge in [-0.25, -0.2) is 4.79 Å². The van der Waals surface area contributed by atoms with Crippen LogP contribution in [0.1, 0.15) is 64.9 Å². The molecule has 0 unspecified atom stereocenters. The molecule has 0 saturated carbocycles. The Morgan fingerprint density at radius 3 is 2.41 bits per heavy atom. The molecule has 1 atom stereocenters. The summed E-state index contributed by atoms with van der Waals surface area (Å²) in [6, 6.07) is 10.3. The Morgan fingerprint density at radius 2 is 1.81 bits per heavy atom. The molecule has 0 radical (unpaired) electrons. The lowest BCUT2D eigenvalue weighted by Gasteiger charge is -2.14. The van der Waals surface area contributed by atoms with Gasteiger partial charge in [0.2, 0.25) is 0 Å². The van der Waals surface area contributed by atoms with Crippen LogP contribution in [-0.2, 0) is 17.7 Å². The average molecular weight is 370 g/mol. The molecule has 1 heterocycles. The minimum atomic E-state index is -0.379. The number of carbonyl (C=O) groups is 2. The molecule has 5 nitrogen and oxygen atoms in total. The summed E-state index contributed by atoms with van der Waals surface area (Å²) in [5, 5.41) is 3.08. The zero-order chi connectivity index (χ0) is 20.0. The zero-order valence-corrected chi connectivity index (χ0v) is 17.0. The number of amides is 1. The maximum atomic E-state index is 12.9. The average Bonchev–Trinajstić information content (AvgIpc) is 2.90. The Kier molecular flexibility index (Phi) is 7.22. The van der Waals surface area contributed by atoms with E-state index in [0.717, 1.165) is 18.5 Å². The molecule has 0 spiro atoms. The van der Waals surface area contributed by atoms with Crippen molar-refractivity contribution in [3.63, 3.8) is 0 Å². The Balaban J connectivity index is 2.14. The first kappa shape index (κ1) is 20.7. The predicted octanol–water partition coefficient (Wildman–Crippen LogP) is 4.05. The first-order chi connectivity index (χ1) is 12.9. The highest BCUT2D eigenvalue weighted by Gasteiger charge is 2.27. The number of nitrogens with one attached hydrogen (secondary N) is 1. The van der Waals surface area contributed by atoms with Crippen molar-refractivity contribution in [3.8, 4) is 0 Å². The number of aryl methyl sites for hydroxylation is 1. The standard InChI is InChI=1S/C22H30N2O3/c1-6-24-17(5)19(16(4)20(24)22(26)27-7-2)21(25)23-15(3)13-14-18-11-9-8-10-12-18/h8-12,15H,6-7,13-14H2,1-5H3,(H,23,25)/t15-/m1/s1. The van der Waals surface area contributed by atoms with E-state index in [1.807, 2.05) is 50.5 Å². The molecular weight excluding hydrogens is 340 g/mol. The van der Waals surface area contributed by atoms with Gasteiger partial charge in [-0.2, -0.15) is 0 Å². The van der Waals surface area contributed by atoms with Crippen molar-refractivity contribution in [3.05, 3.63) is 58.4 Å². The molecule has 5 heteroatoms. The number of hydrogen-bond donors (Lipinski definition) is 1. The molecule has 0 saturated heterocycles. The third kappa shape index (κ3) is 4.79. The first-order valence-corrected chi connectivity index (χ1v) is 9.62. The number of benzene rings is 1. The summed E-state index contributed by atoms with van der Waals surface area (Å²) in [4.78, 5) is 25.2. The molecule has 0 aliphatic rings. The van der Waals surface area contributed by atoms with Crippen molar-refractivity contribution in [1.29, 1.82) is 0 Å². The third-order valence-electron chi connectivity index (χ3n) is 4.87. The Hall–Kier alpha value is -2.56. The highest BCUT2D eigenvalue weighted by molar-refractivity contribution is 6.01. The summed E-state index contributed by atoms with van der Waals surface area (Å²) in [5.41, 5.74) is 3.78. The quantitative estimate of drug-likeness (QED) is 0.713. The highest BCUT2D eigenvalue weighted by Crippen LogP contribution is 2.23. The fourth-order valence-corrected chi connectivity index (χ4v) is 3.48. The van der Waals surface area contributed by atoms with Crippen LogP contribution in [0.15, 0.2) is 30.3 Å². The highest BCUT2D eigenvalue weighted by atomic mass is 16.5. The van der Waals surface area contributed by atoms with Gasteiger partial charge in [0, 0.05) is 18.3 Å². The second kappa shape index (κ2) is 9.40. The molecule has 0 bridgehead atoms. The largest absolute Gasteiger partial charge is 0.461 e. The van der Waals surface area contributed by atoms with Crippen molar-refractivity contribution in [2.75, 3.05) is 6.61 Å². The number of rotatable bonds is 8. The van der Waals surface area contributed by atoms with E-state index in [9.17, 15) is 9.59 Å². The molecule has 0 aliphatic heterocycles. The van der Waals surface area contributed by atoms with Gasteiger partial charge >= 0.3 is 5.97 Å². The summed E-state index contributed by atoms with van der Waals surface area (Å²) in [7, 11) is 0. The summed E-state index contributed by atoms with van der Waals surface area (Å²) < 4.78 is 7.03. The Morgan fingerprint density at radius 1 is 1.15 bits per heavy atom. The molecule has 0 fully saturated rings. The van der Waals surface area contributed by atoms with E-state index in [0.29, 0.717) is 30.0 Å². The minimum absolute atomic E-state index is 0.0347. The lowest BCUT2D eigenvalue weighted by Crippen LogP contribution is -2.33. The van der Waals surface area contributed by atoms with E-state index in [-0.39, 0.29) is 17.9 Å². The van der Waals surface area contributed by atoms with Crippen LogP contribution in [0.3, 0.4) is 0 Å². The molecule has 146 valence electrons. The number of hydrogen-bond acceptors (Lipinski definition) is 3. The summed E-state index contributed by atoms with van der Waals surface area (Å²) >= 11 is 0. The third-order valence-corrected chi connectivity index (χ3v) is 4.87. The molecule has 2 rings (SSSR count). The van der Waals surface area contributed by atoms with Gasteiger partial charge in [0.25, 0.3) is 5.91 Å². The van der Waals surface area contributed by atoms with Crippen LogP contribution >= 0.6 is 0 Å². The second-order valence-electron chi connectivity index (χ2n) is 6.80. The van der Waals surface area contributed by atoms with Crippen LogP contribution < -0.4 is 5.32 Å². The van der Waals surface area contributed by atoms with Gasteiger partial charge in [-0.05, 0) is 58.6 Å². The molecule has 27 heavy (non-hydrogen) atoms. The van der Waals surface area contributed by atoms with E-state index in [1.165, 1.54) is 5.56 Å². The summed E-state index contributed by atoms with van der Waals surface area (Å²) in [6.45, 7) is 10.4. The zero-order valence-electron chi connectivity index (χ0n) is 17.0. The molecule has 1 aromatic carbocycles. The van der Waals surface area contributed by atoms with Crippen LogP contribution in [0.4, 0.5) is 0 Å². The number of ether oxygens (including phenoxy) is 1. The van der Waals surface area contributed by atoms with Gasteiger partial charge in [-0.1, -0.05) is 30.3 Å². The minimum Gasteiger partial charge on any atom is -0.461 e. The SMILES string of the molecule is CCOC(=O)c1c(C)c(C(=O)N[C@H](C)CCc2ccccc2)c(C)n1CC. The predicted molar refractivity (Wildman–Crippen MR) is 107 cm³/mol. The number of esters is 1. The molecule has 1 aromatic heterocycles. The van der Waals surface area contributed by atoms with Crippen LogP contribution in [0.25, 0.3) is 0 Å². The van der Waals surface area contributed by atoms with Crippen LogP contribution in [-0.4, -0.2) is 29.1 Å². The lowest BCUT2D eigenvalue weighted by molar-refractivity contribution is 0.0512. The van der Waals surface area contributed by atoms with Crippen molar-refractivity contribution < 1.29 is 14.3 Å². The fraction of sp³-hybridized carbons (Fsp3) is 0.455. The number of nitrogens with zero attached hydrogens (tertiary/aromatic N) is 1. The fourth-order valence-electron chi connectivity index (χ4n) is 3.48. The van der Waals surface area contributed by atoms with Gasteiger partial charge in [0.15, 0.2) is 0 Å². The Bertz CT molecular complexity index is 794. The van der Waals surface area contributed by atoms with Crippen molar-refractivity contribution >= 4 is 11.9 Å². The van der Waals surface area contributed by atoms with E-state index in [1.54, 1.807) is 6.92 Å². The van der Waals surface area contributed by atoms with Crippen molar-refractivity contribution in [2.24, 2.45) is 0 Å². The smallest absolute Gasteiger partial charge is 0.355 e. The van der Waals surface area contributed by atoms with Gasteiger partial charge in [0.05, 0.1) is 12.2 Å². The molecule has 2 aromatic rings. The van der Waals surface area contributed by atoms with Gasteiger partial charge < -0.3 is 14.6 Å². The topological polar surface area (TPSA) is 60.3 Å².